The van der Waals surface area contributed by atoms with Gasteiger partial charge in [0.15, 0.2) is 0 Å². The number of nitrogens with one attached hydrogen (secondary N) is 1. The predicted molar refractivity (Wildman–Crippen MR) is 111 cm³/mol. The molecule has 0 spiro atoms. The fourth-order valence-electron chi connectivity index (χ4n) is 3.12. The summed E-state index contributed by atoms with van der Waals surface area (Å²) in [6.07, 6.45) is 0. The summed E-state index contributed by atoms with van der Waals surface area (Å²) >= 11 is 6.15. The Balaban J connectivity index is 2.13. The Bertz CT molecular complexity index is 970. The van der Waals surface area contributed by atoms with Gasteiger partial charge >= 0.3 is 0 Å². The molecule has 0 unspecified atom stereocenters. The summed E-state index contributed by atoms with van der Waals surface area (Å²) in [7, 11) is 0. The number of carbonyl (C=O) groups excluding carboxylic acids is 1. The lowest BCUT2D eigenvalue weighted by Gasteiger charge is -2.21. The molecule has 1 N–H and O–H groups in total. The van der Waals surface area contributed by atoms with Crippen LogP contribution in [0.15, 0.2) is 48.5 Å². The van der Waals surface area contributed by atoms with Crippen LogP contribution in [-0.4, -0.2) is 22.6 Å². The van der Waals surface area contributed by atoms with Gasteiger partial charge in [0.2, 0.25) is 0 Å². The fraction of sp³-hybridized carbons (Fsp3) is 0.318. The van der Waals surface area contributed by atoms with Crippen LogP contribution in [0.2, 0.25) is 5.02 Å². The van der Waals surface area contributed by atoms with Gasteiger partial charge in [0.1, 0.15) is 11.4 Å². The SMILES string of the molecule is CCOc1cccc2c1cc(C(=O)NC(C)(C)C)n2Cc1cccc(Cl)c1. The number of carbonyl (C=O) groups is 1. The number of ether oxygens (including phenoxy) is 1. The third kappa shape index (κ3) is 4.45. The molecule has 0 aliphatic heterocycles. The molecule has 27 heavy (non-hydrogen) atoms. The first kappa shape index (κ1) is 19.3. The van der Waals surface area contributed by atoms with Crippen LogP contribution in [-0.2, 0) is 6.54 Å². The summed E-state index contributed by atoms with van der Waals surface area (Å²) in [4.78, 5) is 13.0. The molecule has 1 amide bonds. The monoisotopic (exact) mass is 384 g/mol. The highest BCUT2D eigenvalue weighted by atomic mass is 35.5. The van der Waals surface area contributed by atoms with Crippen LogP contribution in [0.4, 0.5) is 0 Å². The Morgan fingerprint density at radius 1 is 1.15 bits per heavy atom. The molecular formula is C22H25ClN2O2. The summed E-state index contributed by atoms with van der Waals surface area (Å²) < 4.78 is 7.79. The Hall–Kier alpha value is -2.46. The smallest absolute Gasteiger partial charge is 0.268 e. The number of amides is 1. The average molecular weight is 385 g/mol. The predicted octanol–water partition coefficient (Wildman–Crippen LogP) is 5.27. The maximum absolute atomic E-state index is 13.0. The Labute approximate surface area is 165 Å². The minimum atomic E-state index is -0.322. The molecule has 1 aromatic heterocycles. The largest absolute Gasteiger partial charge is 0.493 e. The van der Waals surface area contributed by atoms with Crippen LogP contribution < -0.4 is 10.1 Å². The number of hydrogen-bond acceptors (Lipinski definition) is 2. The van der Waals surface area contributed by atoms with Crippen LogP contribution >= 0.6 is 11.6 Å². The van der Waals surface area contributed by atoms with E-state index in [0.717, 1.165) is 22.2 Å². The van der Waals surface area contributed by atoms with Crippen LogP contribution in [0.3, 0.4) is 0 Å². The van der Waals surface area contributed by atoms with Crippen LogP contribution in [0, 0.1) is 0 Å². The maximum Gasteiger partial charge on any atom is 0.268 e. The molecular weight excluding hydrogens is 360 g/mol. The molecule has 0 bridgehead atoms. The van der Waals surface area contributed by atoms with Crippen LogP contribution in [0.5, 0.6) is 5.75 Å². The number of aromatic nitrogens is 1. The van der Waals surface area contributed by atoms with Gasteiger partial charge < -0.3 is 14.6 Å². The number of fused-ring (bicyclic) bond motifs is 1. The first-order valence-electron chi connectivity index (χ1n) is 9.10. The molecule has 142 valence electrons. The fourth-order valence-corrected chi connectivity index (χ4v) is 3.33. The Kier molecular flexibility index (Phi) is 5.47. The number of rotatable bonds is 5. The highest BCUT2D eigenvalue weighted by Crippen LogP contribution is 2.30. The van der Waals surface area contributed by atoms with E-state index in [4.69, 9.17) is 16.3 Å². The second-order valence-corrected chi connectivity index (χ2v) is 8.01. The molecule has 3 aromatic rings. The number of benzene rings is 2. The highest BCUT2D eigenvalue weighted by molar-refractivity contribution is 6.30. The zero-order valence-corrected chi connectivity index (χ0v) is 16.9. The molecule has 2 aromatic carbocycles. The van der Waals surface area contributed by atoms with Crippen molar-refractivity contribution in [1.82, 2.24) is 9.88 Å². The molecule has 0 radical (unpaired) electrons. The van der Waals surface area contributed by atoms with E-state index in [2.05, 4.69) is 5.32 Å². The second-order valence-electron chi connectivity index (χ2n) is 7.57. The zero-order valence-electron chi connectivity index (χ0n) is 16.2. The van der Waals surface area contributed by atoms with E-state index in [1.807, 2.05) is 80.8 Å². The summed E-state index contributed by atoms with van der Waals surface area (Å²) in [6.45, 7) is 8.99. The molecule has 0 aliphatic carbocycles. The third-order valence-corrected chi connectivity index (χ3v) is 4.39. The third-order valence-electron chi connectivity index (χ3n) is 4.16. The molecule has 3 rings (SSSR count). The highest BCUT2D eigenvalue weighted by Gasteiger charge is 2.21. The first-order valence-corrected chi connectivity index (χ1v) is 9.48. The molecule has 0 saturated heterocycles. The van der Waals surface area contributed by atoms with Crippen molar-refractivity contribution in [2.24, 2.45) is 0 Å². The van der Waals surface area contributed by atoms with Gasteiger partial charge in [-0.3, -0.25) is 4.79 Å². The second kappa shape index (κ2) is 7.65. The van der Waals surface area contributed by atoms with Gasteiger partial charge in [0.25, 0.3) is 5.91 Å². The summed E-state index contributed by atoms with van der Waals surface area (Å²) in [6, 6.07) is 15.5. The van der Waals surface area contributed by atoms with Gasteiger partial charge in [-0.15, -0.1) is 0 Å². The van der Waals surface area contributed by atoms with Crippen molar-refractivity contribution in [3.8, 4) is 5.75 Å². The van der Waals surface area contributed by atoms with Crippen LogP contribution in [0.25, 0.3) is 10.9 Å². The molecule has 1 heterocycles. The van der Waals surface area contributed by atoms with E-state index in [9.17, 15) is 4.79 Å². The van der Waals surface area contributed by atoms with Crippen molar-refractivity contribution < 1.29 is 9.53 Å². The van der Waals surface area contributed by atoms with Gasteiger partial charge in [-0.25, -0.2) is 0 Å². The normalized spacial score (nSPS) is 11.6. The lowest BCUT2D eigenvalue weighted by molar-refractivity contribution is 0.0911. The van der Waals surface area contributed by atoms with Crippen molar-refractivity contribution >= 4 is 28.4 Å². The molecule has 4 nitrogen and oxygen atoms in total. The van der Waals surface area contributed by atoms with E-state index >= 15 is 0 Å². The van der Waals surface area contributed by atoms with E-state index in [-0.39, 0.29) is 11.4 Å². The maximum atomic E-state index is 13.0. The molecule has 0 saturated carbocycles. The van der Waals surface area contributed by atoms with E-state index in [1.54, 1.807) is 0 Å². The number of nitrogens with zero attached hydrogens (tertiary/aromatic N) is 1. The standard InChI is InChI=1S/C22H25ClN2O2/c1-5-27-20-11-7-10-18-17(20)13-19(21(26)24-22(2,3)4)25(18)14-15-8-6-9-16(23)12-15/h6-13H,5,14H2,1-4H3,(H,24,26). The summed E-state index contributed by atoms with van der Waals surface area (Å²) in [5, 5.41) is 4.67. The Morgan fingerprint density at radius 2 is 1.89 bits per heavy atom. The summed E-state index contributed by atoms with van der Waals surface area (Å²) in [5.41, 5.74) is 2.27. The summed E-state index contributed by atoms with van der Waals surface area (Å²) in [5.74, 6) is 0.674. The van der Waals surface area contributed by atoms with Crippen molar-refractivity contribution in [1.29, 1.82) is 0 Å². The Morgan fingerprint density at radius 3 is 2.56 bits per heavy atom. The molecule has 0 atom stereocenters. The van der Waals surface area contributed by atoms with Gasteiger partial charge in [-0.2, -0.15) is 0 Å². The van der Waals surface area contributed by atoms with E-state index in [0.29, 0.717) is 23.9 Å². The lowest BCUT2D eigenvalue weighted by Crippen LogP contribution is -2.41. The minimum Gasteiger partial charge on any atom is -0.493 e. The van der Waals surface area contributed by atoms with Crippen LogP contribution in [0.1, 0.15) is 43.7 Å². The van der Waals surface area contributed by atoms with Gasteiger partial charge in [0.05, 0.1) is 12.1 Å². The minimum absolute atomic E-state index is 0.108. The van der Waals surface area contributed by atoms with Gasteiger partial charge in [-0.1, -0.05) is 29.8 Å². The van der Waals surface area contributed by atoms with Crippen molar-refractivity contribution in [2.75, 3.05) is 6.61 Å². The van der Waals surface area contributed by atoms with Gasteiger partial charge in [-0.05, 0) is 63.6 Å². The zero-order chi connectivity index (χ0) is 19.6. The molecule has 5 heteroatoms. The van der Waals surface area contributed by atoms with Crippen molar-refractivity contribution in [2.45, 2.75) is 39.8 Å². The van der Waals surface area contributed by atoms with Gasteiger partial charge in [0, 0.05) is 22.5 Å². The lowest BCUT2D eigenvalue weighted by atomic mass is 10.1. The number of halogens is 1. The number of hydrogen-bond donors (Lipinski definition) is 1. The van der Waals surface area contributed by atoms with E-state index in [1.165, 1.54) is 0 Å². The topological polar surface area (TPSA) is 43.3 Å². The molecule has 0 fully saturated rings. The molecule has 0 aliphatic rings. The quantitative estimate of drug-likeness (QED) is 0.651. The average Bonchev–Trinajstić information content (AvgIpc) is 2.94. The van der Waals surface area contributed by atoms with Crippen molar-refractivity contribution in [3.05, 3.63) is 64.8 Å². The first-order chi connectivity index (χ1) is 12.8. The van der Waals surface area contributed by atoms with E-state index < -0.39 is 0 Å². The van der Waals surface area contributed by atoms with Crippen molar-refractivity contribution in [3.63, 3.8) is 0 Å².